The van der Waals surface area contributed by atoms with E-state index in [1.807, 2.05) is 38.1 Å². The Morgan fingerprint density at radius 2 is 1.88 bits per heavy atom. The van der Waals surface area contributed by atoms with E-state index in [0.717, 1.165) is 23.1 Å². The quantitative estimate of drug-likeness (QED) is 0.938. The lowest BCUT2D eigenvalue weighted by Gasteiger charge is -2.17. The number of benzene rings is 2. The number of halogens is 1. The van der Waals surface area contributed by atoms with Gasteiger partial charge in [0.25, 0.3) is 5.91 Å². The molecule has 4 heteroatoms. The molecule has 1 aliphatic heterocycles. The lowest BCUT2D eigenvalue weighted by molar-refractivity contribution is 0.0783. The highest BCUT2D eigenvalue weighted by atomic mass is 19.1. The van der Waals surface area contributed by atoms with Gasteiger partial charge in [0, 0.05) is 13.1 Å². The molecule has 1 saturated heterocycles. The number of aryl methyl sites for hydroxylation is 2. The fraction of sp³-hybridized carbons (Fsp3) is 0.350. The van der Waals surface area contributed by atoms with Gasteiger partial charge in [-0.1, -0.05) is 24.3 Å². The first kappa shape index (κ1) is 16.7. The number of nitrogens with zero attached hydrogens (tertiary/aromatic N) is 1. The van der Waals surface area contributed by atoms with Gasteiger partial charge in [-0.05, 0) is 67.1 Å². The first-order valence-corrected chi connectivity index (χ1v) is 8.36. The number of nitrogens with two attached hydrogens (primary N) is 1. The molecule has 0 spiro atoms. The second kappa shape index (κ2) is 6.73. The molecule has 3 nitrogen and oxygen atoms in total. The maximum absolute atomic E-state index is 14.5. The number of likely N-dealkylation sites (tertiary alicyclic amines) is 1. The summed E-state index contributed by atoms with van der Waals surface area (Å²) in [6, 6.07) is 10.9. The van der Waals surface area contributed by atoms with E-state index in [4.69, 9.17) is 5.73 Å². The summed E-state index contributed by atoms with van der Waals surface area (Å²) in [5.41, 5.74) is 9.91. The molecule has 1 atom stereocenters. The molecule has 0 aliphatic carbocycles. The van der Waals surface area contributed by atoms with Crippen LogP contribution < -0.4 is 5.73 Å². The van der Waals surface area contributed by atoms with Crippen molar-refractivity contribution in [2.45, 2.75) is 20.3 Å². The Morgan fingerprint density at radius 3 is 2.50 bits per heavy atom. The van der Waals surface area contributed by atoms with E-state index >= 15 is 0 Å². The zero-order valence-electron chi connectivity index (χ0n) is 14.2. The van der Waals surface area contributed by atoms with Gasteiger partial charge in [0.1, 0.15) is 5.82 Å². The minimum Gasteiger partial charge on any atom is -0.338 e. The lowest BCUT2D eigenvalue weighted by atomic mass is 9.99. The molecule has 0 saturated carbocycles. The average molecular weight is 326 g/mol. The fourth-order valence-corrected chi connectivity index (χ4v) is 3.17. The molecule has 1 fully saturated rings. The molecular formula is C20H23FN2O. The second-order valence-electron chi connectivity index (χ2n) is 6.64. The van der Waals surface area contributed by atoms with E-state index < -0.39 is 5.82 Å². The zero-order valence-corrected chi connectivity index (χ0v) is 14.2. The second-order valence-corrected chi connectivity index (χ2v) is 6.64. The summed E-state index contributed by atoms with van der Waals surface area (Å²) < 4.78 is 14.5. The van der Waals surface area contributed by atoms with Crippen LogP contribution in [-0.2, 0) is 0 Å². The van der Waals surface area contributed by atoms with Crippen LogP contribution in [0.5, 0.6) is 0 Å². The molecule has 1 heterocycles. The highest BCUT2D eigenvalue weighted by Gasteiger charge is 2.27. The third kappa shape index (κ3) is 3.20. The van der Waals surface area contributed by atoms with Gasteiger partial charge in [-0.2, -0.15) is 0 Å². The Labute approximate surface area is 142 Å². The van der Waals surface area contributed by atoms with Crippen LogP contribution in [0.4, 0.5) is 4.39 Å². The predicted molar refractivity (Wildman–Crippen MR) is 94.4 cm³/mol. The topological polar surface area (TPSA) is 46.3 Å². The number of hydrogen-bond acceptors (Lipinski definition) is 2. The van der Waals surface area contributed by atoms with Crippen molar-refractivity contribution < 1.29 is 9.18 Å². The lowest BCUT2D eigenvalue weighted by Crippen LogP contribution is -2.30. The van der Waals surface area contributed by atoms with Crippen molar-refractivity contribution in [3.63, 3.8) is 0 Å². The fourth-order valence-electron chi connectivity index (χ4n) is 3.17. The first-order valence-electron chi connectivity index (χ1n) is 8.36. The molecule has 126 valence electrons. The summed E-state index contributed by atoms with van der Waals surface area (Å²) in [5, 5.41) is 0. The van der Waals surface area contributed by atoms with Crippen molar-refractivity contribution in [2.75, 3.05) is 19.6 Å². The van der Waals surface area contributed by atoms with Crippen LogP contribution in [0.1, 0.15) is 27.9 Å². The Hall–Kier alpha value is -2.20. The molecule has 24 heavy (non-hydrogen) atoms. The van der Waals surface area contributed by atoms with Gasteiger partial charge in [0.15, 0.2) is 0 Å². The Bertz CT molecular complexity index is 772. The molecule has 2 N–H and O–H groups in total. The summed E-state index contributed by atoms with van der Waals surface area (Å²) in [6.07, 6.45) is 0.893. The molecule has 0 aromatic heterocycles. The van der Waals surface area contributed by atoms with E-state index in [0.29, 0.717) is 25.6 Å². The maximum Gasteiger partial charge on any atom is 0.256 e. The third-order valence-electron chi connectivity index (χ3n) is 4.95. The molecule has 0 radical (unpaired) electrons. The molecule has 2 aromatic carbocycles. The van der Waals surface area contributed by atoms with Crippen LogP contribution in [0, 0.1) is 25.6 Å². The van der Waals surface area contributed by atoms with Gasteiger partial charge in [-0.3, -0.25) is 4.79 Å². The number of rotatable bonds is 3. The zero-order chi connectivity index (χ0) is 17.3. The van der Waals surface area contributed by atoms with E-state index in [9.17, 15) is 9.18 Å². The van der Waals surface area contributed by atoms with Crippen LogP contribution in [-0.4, -0.2) is 30.4 Å². The molecule has 1 amide bonds. The number of carbonyl (C=O) groups excluding carboxylic acids is 1. The minimum atomic E-state index is -0.466. The standard InChI is InChI=1S/C20H23FN2O/c1-13-3-4-16(9-14(13)2)17-5-6-18(19(21)10-17)20(24)23-8-7-15(11-22)12-23/h3-6,9-10,15H,7-8,11-12,22H2,1-2H3. The Morgan fingerprint density at radius 1 is 1.17 bits per heavy atom. The van der Waals surface area contributed by atoms with Crippen molar-refractivity contribution >= 4 is 5.91 Å². The van der Waals surface area contributed by atoms with Gasteiger partial charge < -0.3 is 10.6 Å². The largest absolute Gasteiger partial charge is 0.338 e. The average Bonchev–Trinajstić information content (AvgIpc) is 3.06. The summed E-state index contributed by atoms with van der Waals surface area (Å²) in [7, 11) is 0. The van der Waals surface area contributed by atoms with Gasteiger partial charge in [0.2, 0.25) is 0 Å². The molecule has 2 aromatic rings. The number of hydrogen-bond donors (Lipinski definition) is 1. The summed E-state index contributed by atoms with van der Waals surface area (Å²) in [6.45, 7) is 5.92. The van der Waals surface area contributed by atoms with Crippen molar-refractivity contribution in [2.24, 2.45) is 11.7 Å². The van der Waals surface area contributed by atoms with Gasteiger partial charge in [-0.25, -0.2) is 4.39 Å². The highest BCUT2D eigenvalue weighted by molar-refractivity contribution is 5.95. The summed E-state index contributed by atoms with van der Waals surface area (Å²) in [5.74, 6) is -0.381. The van der Waals surface area contributed by atoms with Gasteiger partial charge in [0.05, 0.1) is 5.56 Å². The summed E-state index contributed by atoms with van der Waals surface area (Å²) >= 11 is 0. The third-order valence-corrected chi connectivity index (χ3v) is 4.95. The van der Waals surface area contributed by atoms with Crippen molar-refractivity contribution in [1.29, 1.82) is 0 Å². The van der Waals surface area contributed by atoms with Crippen LogP contribution in [0.15, 0.2) is 36.4 Å². The van der Waals surface area contributed by atoms with E-state index in [-0.39, 0.29) is 11.5 Å². The Balaban J connectivity index is 1.84. The summed E-state index contributed by atoms with van der Waals surface area (Å²) in [4.78, 5) is 14.2. The number of amides is 1. The first-order chi connectivity index (χ1) is 11.5. The van der Waals surface area contributed by atoms with Gasteiger partial charge in [-0.15, -0.1) is 0 Å². The SMILES string of the molecule is Cc1ccc(-c2ccc(C(=O)N3CCC(CN)C3)c(F)c2)cc1C. The number of carbonyl (C=O) groups is 1. The molecule has 3 rings (SSSR count). The molecule has 1 unspecified atom stereocenters. The van der Waals surface area contributed by atoms with Crippen molar-refractivity contribution in [3.05, 3.63) is 58.9 Å². The maximum atomic E-state index is 14.5. The Kier molecular flexibility index (Phi) is 4.67. The van der Waals surface area contributed by atoms with Crippen LogP contribution in [0.2, 0.25) is 0 Å². The highest BCUT2D eigenvalue weighted by Crippen LogP contribution is 2.26. The van der Waals surface area contributed by atoms with Crippen LogP contribution in [0.3, 0.4) is 0 Å². The van der Waals surface area contributed by atoms with E-state index in [1.54, 1.807) is 11.0 Å². The van der Waals surface area contributed by atoms with Gasteiger partial charge >= 0.3 is 0 Å². The van der Waals surface area contributed by atoms with Crippen molar-refractivity contribution in [3.8, 4) is 11.1 Å². The monoisotopic (exact) mass is 326 g/mol. The van der Waals surface area contributed by atoms with Crippen molar-refractivity contribution in [1.82, 2.24) is 4.90 Å². The molecule has 1 aliphatic rings. The normalized spacial score (nSPS) is 17.3. The molecule has 0 bridgehead atoms. The predicted octanol–water partition coefficient (Wildman–Crippen LogP) is 3.53. The van der Waals surface area contributed by atoms with Crippen LogP contribution >= 0.6 is 0 Å². The smallest absolute Gasteiger partial charge is 0.256 e. The van der Waals surface area contributed by atoms with E-state index in [1.165, 1.54) is 11.6 Å². The molecular weight excluding hydrogens is 303 g/mol. The minimum absolute atomic E-state index is 0.139. The van der Waals surface area contributed by atoms with Crippen LogP contribution in [0.25, 0.3) is 11.1 Å². The van der Waals surface area contributed by atoms with E-state index in [2.05, 4.69) is 0 Å².